The Bertz CT molecular complexity index is 676. The number of para-hydroxylation sites is 1. The molecule has 0 aliphatic carbocycles. The molecule has 2 aromatic rings. The lowest BCUT2D eigenvalue weighted by molar-refractivity contribution is 1.18. The van der Waals surface area contributed by atoms with Crippen LogP contribution >= 0.6 is 0 Å². The average Bonchev–Trinajstić information content (AvgIpc) is 2.76. The largest absolute Gasteiger partial charge is 0.324 e. The highest BCUT2D eigenvalue weighted by Gasteiger charge is 2.02. The van der Waals surface area contributed by atoms with Crippen LogP contribution in [0.3, 0.4) is 0 Å². The molecule has 0 bridgehead atoms. The van der Waals surface area contributed by atoms with Crippen LogP contribution in [-0.2, 0) is 6.42 Å². The summed E-state index contributed by atoms with van der Waals surface area (Å²) in [5, 5.41) is 0. The zero-order valence-electron chi connectivity index (χ0n) is 12.2. The van der Waals surface area contributed by atoms with Crippen molar-refractivity contribution in [1.29, 1.82) is 0 Å². The van der Waals surface area contributed by atoms with E-state index < -0.39 is 0 Å². The molecule has 3 rings (SSSR count). The van der Waals surface area contributed by atoms with Gasteiger partial charge in [-0.25, -0.2) is 0 Å². The van der Waals surface area contributed by atoms with Crippen LogP contribution in [0.1, 0.15) is 11.1 Å². The quantitative estimate of drug-likeness (QED) is 0.759. The second-order valence-corrected chi connectivity index (χ2v) is 5.30. The van der Waals surface area contributed by atoms with Gasteiger partial charge in [0.15, 0.2) is 0 Å². The van der Waals surface area contributed by atoms with Gasteiger partial charge in [-0.2, -0.15) is 0 Å². The normalized spacial score (nSPS) is 14.0. The molecule has 2 aromatic carbocycles. The van der Waals surface area contributed by atoms with E-state index in [1.807, 2.05) is 6.07 Å². The van der Waals surface area contributed by atoms with Crippen molar-refractivity contribution in [3.63, 3.8) is 0 Å². The van der Waals surface area contributed by atoms with Gasteiger partial charge in [-0.1, -0.05) is 54.1 Å². The number of aryl methyl sites for hydroxylation is 1. The molecule has 1 aliphatic rings. The Morgan fingerprint density at radius 3 is 2.38 bits per heavy atom. The maximum absolute atomic E-state index is 2.20. The Kier molecular flexibility index (Phi) is 4.02. The summed E-state index contributed by atoms with van der Waals surface area (Å²) in [6.07, 6.45) is 11.7. The summed E-state index contributed by atoms with van der Waals surface area (Å²) in [6.45, 7) is 2.12. The van der Waals surface area contributed by atoms with E-state index in [-0.39, 0.29) is 0 Å². The lowest BCUT2D eigenvalue weighted by Crippen LogP contribution is -2.05. The van der Waals surface area contributed by atoms with Crippen molar-refractivity contribution in [3.05, 3.63) is 102 Å². The summed E-state index contributed by atoms with van der Waals surface area (Å²) in [6, 6.07) is 19.1. The number of hydrogen-bond acceptors (Lipinski definition) is 1. The van der Waals surface area contributed by atoms with Gasteiger partial charge in [0.2, 0.25) is 0 Å². The summed E-state index contributed by atoms with van der Waals surface area (Å²) in [4.78, 5) is 2.14. The Balaban J connectivity index is 1.73. The van der Waals surface area contributed by atoms with Crippen molar-refractivity contribution < 1.29 is 0 Å². The second-order valence-electron chi connectivity index (χ2n) is 5.30. The van der Waals surface area contributed by atoms with Crippen LogP contribution in [0.25, 0.3) is 0 Å². The molecule has 21 heavy (non-hydrogen) atoms. The Labute approximate surface area is 126 Å². The summed E-state index contributed by atoms with van der Waals surface area (Å²) in [7, 11) is 0. The number of allylic oxidation sites excluding steroid dienone is 4. The number of rotatable bonds is 3. The minimum atomic E-state index is 0.962. The van der Waals surface area contributed by atoms with Gasteiger partial charge in [0.05, 0.1) is 0 Å². The van der Waals surface area contributed by atoms with Crippen LogP contribution in [-0.4, -0.2) is 0 Å². The van der Waals surface area contributed by atoms with E-state index in [1.165, 1.54) is 22.4 Å². The van der Waals surface area contributed by atoms with Crippen molar-refractivity contribution in [1.82, 2.24) is 0 Å². The first kappa shape index (κ1) is 13.4. The van der Waals surface area contributed by atoms with Crippen LogP contribution in [0.15, 0.2) is 90.8 Å². The maximum atomic E-state index is 2.20. The first-order chi connectivity index (χ1) is 10.3. The Morgan fingerprint density at radius 2 is 1.62 bits per heavy atom. The van der Waals surface area contributed by atoms with E-state index in [9.17, 15) is 0 Å². The molecule has 0 atom stereocenters. The maximum Gasteiger partial charge on any atom is 0.0449 e. The van der Waals surface area contributed by atoms with Gasteiger partial charge < -0.3 is 4.90 Å². The smallest absolute Gasteiger partial charge is 0.0449 e. The molecule has 0 saturated heterocycles. The Morgan fingerprint density at radius 1 is 0.857 bits per heavy atom. The molecule has 0 saturated carbocycles. The molecule has 0 fully saturated rings. The third-order valence-corrected chi connectivity index (χ3v) is 3.59. The van der Waals surface area contributed by atoms with Gasteiger partial charge in [0.1, 0.15) is 0 Å². The predicted octanol–water partition coefficient (Wildman–Crippen LogP) is 5.01. The summed E-state index contributed by atoms with van der Waals surface area (Å²) < 4.78 is 0. The molecular weight excluding hydrogens is 254 g/mol. The van der Waals surface area contributed by atoms with E-state index >= 15 is 0 Å². The Hall–Kier alpha value is -2.54. The minimum absolute atomic E-state index is 0.962. The molecule has 0 spiro atoms. The zero-order valence-corrected chi connectivity index (χ0v) is 12.2. The SMILES string of the molecule is Cc1ccc(CC2=CC=CN(c3ccccc3)C=C2)cc1. The third kappa shape index (κ3) is 3.51. The van der Waals surface area contributed by atoms with Crippen LogP contribution < -0.4 is 4.90 Å². The number of hydrogen-bond donors (Lipinski definition) is 0. The lowest BCUT2D eigenvalue weighted by atomic mass is 10.0. The van der Waals surface area contributed by atoms with Crippen molar-refractivity contribution in [3.8, 4) is 0 Å². The van der Waals surface area contributed by atoms with Crippen LogP contribution in [0.4, 0.5) is 5.69 Å². The van der Waals surface area contributed by atoms with Crippen LogP contribution in [0.5, 0.6) is 0 Å². The molecule has 0 aromatic heterocycles. The van der Waals surface area contributed by atoms with Gasteiger partial charge in [-0.3, -0.25) is 0 Å². The van der Waals surface area contributed by atoms with Crippen molar-refractivity contribution in [2.24, 2.45) is 0 Å². The monoisotopic (exact) mass is 273 g/mol. The minimum Gasteiger partial charge on any atom is -0.324 e. The predicted molar refractivity (Wildman–Crippen MR) is 90.2 cm³/mol. The van der Waals surface area contributed by atoms with E-state index in [1.54, 1.807) is 0 Å². The van der Waals surface area contributed by atoms with Gasteiger partial charge in [-0.05, 0) is 48.8 Å². The molecular formula is C20H19N. The number of nitrogens with zero attached hydrogens (tertiary/aromatic N) is 1. The lowest BCUT2D eigenvalue weighted by Gasteiger charge is -2.14. The van der Waals surface area contributed by atoms with Gasteiger partial charge in [0, 0.05) is 18.1 Å². The number of anilines is 1. The van der Waals surface area contributed by atoms with Gasteiger partial charge in [-0.15, -0.1) is 0 Å². The fourth-order valence-corrected chi connectivity index (χ4v) is 2.37. The highest BCUT2D eigenvalue weighted by Crippen LogP contribution is 2.18. The van der Waals surface area contributed by atoms with Crippen molar-refractivity contribution >= 4 is 5.69 Å². The molecule has 1 heteroatoms. The fraction of sp³-hybridized carbons (Fsp3) is 0.100. The average molecular weight is 273 g/mol. The van der Waals surface area contributed by atoms with Gasteiger partial charge >= 0.3 is 0 Å². The fourth-order valence-electron chi connectivity index (χ4n) is 2.37. The molecule has 1 nitrogen and oxygen atoms in total. The van der Waals surface area contributed by atoms with E-state index in [2.05, 4.69) is 91.0 Å². The third-order valence-electron chi connectivity index (χ3n) is 3.59. The van der Waals surface area contributed by atoms with Crippen LogP contribution in [0.2, 0.25) is 0 Å². The molecule has 0 unspecified atom stereocenters. The summed E-state index contributed by atoms with van der Waals surface area (Å²) >= 11 is 0. The van der Waals surface area contributed by atoms with Crippen molar-refractivity contribution in [2.75, 3.05) is 4.90 Å². The van der Waals surface area contributed by atoms with E-state index in [0.29, 0.717) is 0 Å². The molecule has 104 valence electrons. The van der Waals surface area contributed by atoms with Gasteiger partial charge in [0.25, 0.3) is 0 Å². The standard InChI is InChI=1S/C20H19N/c1-17-9-11-19(12-10-17)16-18-6-5-14-21(15-13-18)20-7-3-2-4-8-20/h2-15H,16H2,1H3. The van der Waals surface area contributed by atoms with Crippen molar-refractivity contribution in [2.45, 2.75) is 13.3 Å². The molecule has 0 amide bonds. The molecule has 1 heterocycles. The molecule has 0 radical (unpaired) electrons. The van der Waals surface area contributed by atoms with E-state index in [0.717, 1.165) is 6.42 Å². The zero-order chi connectivity index (χ0) is 14.5. The molecule has 1 aliphatic heterocycles. The van der Waals surface area contributed by atoms with E-state index in [4.69, 9.17) is 0 Å². The number of benzene rings is 2. The molecule has 0 N–H and O–H groups in total. The second kappa shape index (κ2) is 6.27. The van der Waals surface area contributed by atoms with Crippen LogP contribution in [0, 0.1) is 6.92 Å². The first-order valence-corrected chi connectivity index (χ1v) is 7.26. The highest BCUT2D eigenvalue weighted by atomic mass is 15.1. The summed E-state index contributed by atoms with van der Waals surface area (Å²) in [5.41, 5.74) is 5.14. The summed E-state index contributed by atoms with van der Waals surface area (Å²) in [5.74, 6) is 0. The first-order valence-electron chi connectivity index (χ1n) is 7.26. The topological polar surface area (TPSA) is 3.24 Å². The highest BCUT2D eigenvalue weighted by molar-refractivity contribution is 5.54.